The molecule has 450 valence electrons. The number of hydrogen-bond donors (Lipinski definition) is 3. The van der Waals surface area contributed by atoms with Crippen molar-refractivity contribution in [2.24, 2.45) is 5.92 Å². The first kappa shape index (κ1) is 74.1. The largest absolute Gasteiger partial charge is 0.472 e. The van der Waals surface area contributed by atoms with Crippen molar-refractivity contribution in [1.82, 2.24) is 0 Å². The molecule has 0 bridgehead atoms. The zero-order valence-corrected chi connectivity index (χ0v) is 50.2. The predicted molar refractivity (Wildman–Crippen MR) is 298 cm³/mol. The van der Waals surface area contributed by atoms with Crippen LogP contribution in [0, 0.1) is 5.92 Å². The quantitative estimate of drug-likeness (QED) is 0.0222. The molecule has 3 N–H and O–H groups in total. The minimum Gasteiger partial charge on any atom is -0.462 e. The molecule has 0 saturated carbocycles. The molecule has 0 aromatic carbocycles. The van der Waals surface area contributed by atoms with Crippen LogP contribution in [-0.2, 0) is 65.4 Å². The van der Waals surface area contributed by atoms with Crippen LogP contribution >= 0.6 is 15.6 Å². The van der Waals surface area contributed by atoms with Gasteiger partial charge in [-0.1, -0.05) is 227 Å². The third-order valence-electron chi connectivity index (χ3n) is 13.0. The zero-order chi connectivity index (χ0) is 56.4. The molecule has 5 atom stereocenters. The van der Waals surface area contributed by atoms with Crippen LogP contribution in [0.4, 0.5) is 0 Å². The van der Waals surface area contributed by atoms with Gasteiger partial charge in [-0.3, -0.25) is 37.3 Å². The van der Waals surface area contributed by atoms with Crippen LogP contribution in [0.3, 0.4) is 0 Å². The molecule has 0 amide bonds. The Morgan fingerprint density at radius 3 is 0.895 bits per heavy atom. The number of hydrogen-bond acceptors (Lipinski definition) is 15. The van der Waals surface area contributed by atoms with Gasteiger partial charge in [0.1, 0.15) is 19.3 Å². The fourth-order valence-corrected chi connectivity index (χ4v) is 9.92. The number of rotatable bonds is 57. The van der Waals surface area contributed by atoms with E-state index in [1.807, 2.05) is 0 Å². The van der Waals surface area contributed by atoms with Crippen LogP contribution in [0.25, 0.3) is 0 Å². The first-order valence-corrected chi connectivity index (χ1v) is 33.1. The smallest absolute Gasteiger partial charge is 0.462 e. The highest BCUT2D eigenvalue weighted by molar-refractivity contribution is 7.47. The van der Waals surface area contributed by atoms with Crippen LogP contribution in [0.5, 0.6) is 0 Å². The van der Waals surface area contributed by atoms with Crippen LogP contribution < -0.4 is 0 Å². The molecule has 17 nitrogen and oxygen atoms in total. The third kappa shape index (κ3) is 51.5. The monoisotopic (exact) mass is 1130 g/mol. The Morgan fingerprint density at radius 1 is 0.355 bits per heavy atom. The topological polar surface area (TPSA) is 237 Å². The highest BCUT2D eigenvalue weighted by atomic mass is 31.2. The Balaban J connectivity index is 5.08. The Kier molecular flexibility index (Phi) is 49.9. The van der Waals surface area contributed by atoms with E-state index in [-0.39, 0.29) is 25.7 Å². The highest BCUT2D eigenvalue weighted by Gasteiger charge is 2.30. The lowest BCUT2D eigenvalue weighted by atomic mass is 10.0. The Morgan fingerprint density at radius 2 is 0.605 bits per heavy atom. The van der Waals surface area contributed by atoms with Crippen molar-refractivity contribution in [2.45, 2.75) is 297 Å². The SMILES string of the molecule is CCCCCCCCCCCC(=O)OC[C@H](COP(=O)(O)OC[C@@H](O)COP(=O)(O)OC[C@@H](COC(=O)CCCCCCC)OC(=O)CCCCCCC)OC(=O)CCCCCCCCCCCCCCCCC(C)C. The lowest BCUT2D eigenvalue weighted by molar-refractivity contribution is -0.161. The Hall–Kier alpha value is -1.94. The molecule has 76 heavy (non-hydrogen) atoms. The van der Waals surface area contributed by atoms with E-state index in [2.05, 4.69) is 34.6 Å². The summed E-state index contributed by atoms with van der Waals surface area (Å²) >= 11 is 0. The average Bonchev–Trinajstić information content (AvgIpc) is 3.38. The van der Waals surface area contributed by atoms with Gasteiger partial charge in [0, 0.05) is 25.7 Å². The molecule has 0 aliphatic rings. The van der Waals surface area contributed by atoms with Crippen LogP contribution in [0.1, 0.15) is 279 Å². The summed E-state index contributed by atoms with van der Waals surface area (Å²) in [5, 5.41) is 10.4. The van der Waals surface area contributed by atoms with Gasteiger partial charge in [-0.15, -0.1) is 0 Å². The number of aliphatic hydroxyl groups excluding tert-OH is 1. The fraction of sp³-hybridized carbons (Fsp3) is 0.930. The lowest BCUT2D eigenvalue weighted by Gasteiger charge is -2.21. The molecule has 0 heterocycles. The van der Waals surface area contributed by atoms with Crippen molar-refractivity contribution in [2.75, 3.05) is 39.6 Å². The van der Waals surface area contributed by atoms with Gasteiger partial charge in [0.05, 0.1) is 26.4 Å². The third-order valence-corrected chi connectivity index (χ3v) is 14.9. The highest BCUT2D eigenvalue weighted by Crippen LogP contribution is 2.45. The Labute approximate surface area is 460 Å². The van der Waals surface area contributed by atoms with E-state index in [1.165, 1.54) is 96.3 Å². The van der Waals surface area contributed by atoms with E-state index in [1.54, 1.807) is 0 Å². The molecule has 2 unspecified atom stereocenters. The summed E-state index contributed by atoms with van der Waals surface area (Å²) in [5.41, 5.74) is 0. The molecule has 0 aliphatic heterocycles. The van der Waals surface area contributed by atoms with Crippen LogP contribution in [0.2, 0.25) is 0 Å². The van der Waals surface area contributed by atoms with Crippen molar-refractivity contribution in [3.05, 3.63) is 0 Å². The molecule has 0 rings (SSSR count). The van der Waals surface area contributed by atoms with Gasteiger partial charge in [-0.05, 0) is 31.6 Å². The number of phosphoric ester groups is 2. The second-order valence-electron chi connectivity index (χ2n) is 21.2. The molecule has 0 aromatic rings. The van der Waals surface area contributed by atoms with Crippen molar-refractivity contribution >= 4 is 39.5 Å². The number of phosphoric acid groups is 2. The molecular weight excluding hydrogens is 1020 g/mol. The summed E-state index contributed by atoms with van der Waals surface area (Å²) in [6.07, 6.45) is 32.9. The van der Waals surface area contributed by atoms with Gasteiger partial charge >= 0.3 is 39.5 Å². The molecule has 0 fully saturated rings. The summed E-state index contributed by atoms with van der Waals surface area (Å²) < 4.78 is 67.2. The standard InChI is InChI=1S/C57H110O17P2/c1-6-9-12-15-16-23-27-32-36-41-55(60)68-47-53(74-57(62)43-38-33-28-25-22-20-18-17-19-21-24-26-31-34-39-50(4)5)49-72-76(65,66)70-45-51(58)44-69-75(63,64)71-48-52(73-56(61)42-37-30-14-11-8-3)46-67-54(59)40-35-29-13-10-7-2/h50-53,58H,6-49H2,1-5H3,(H,63,64)(H,65,66)/t51-,52+,53+/m0/s1. The summed E-state index contributed by atoms with van der Waals surface area (Å²) in [7, 11) is -9.85. The maximum absolute atomic E-state index is 12.9. The van der Waals surface area contributed by atoms with E-state index < -0.39 is 97.5 Å². The lowest BCUT2D eigenvalue weighted by Crippen LogP contribution is -2.30. The first-order chi connectivity index (χ1) is 36.5. The van der Waals surface area contributed by atoms with Crippen molar-refractivity contribution in [3.8, 4) is 0 Å². The number of carbonyl (C=O) groups is 4. The molecule has 0 aliphatic carbocycles. The summed E-state index contributed by atoms with van der Waals surface area (Å²) in [6, 6.07) is 0. The maximum atomic E-state index is 12.9. The number of carbonyl (C=O) groups excluding carboxylic acids is 4. The van der Waals surface area contributed by atoms with Gasteiger partial charge in [0.2, 0.25) is 0 Å². The van der Waals surface area contributed by atoms with Gasteiger partial charge in [0.25, 0.3) is 0 Å². The summed E-state index contributed by atoms with van der Waals surface area (Å²) in [5.74, 6) is -1.37. The van der Waals surface area contributed by atoms with E-state index in [0.717, 1.165) is 102 Å². The van der Waals surface area contributed by atoms with Crippen LogP contribution in [0.15, 0.2) is 0 Å². The fourth-order valence-electron chi connectivity index (χ4n) is 8.34. The molecule has 0 saturated heterocycles. The molecule has 19 heteroatoms. The molecule has 0 aromatic heterocycles. The summed E-state index contributed by atoms with van der Waals surface area (Å²) in [4.78, 5) is 71.3. The average molecular weight is 1130 g/mol. The van der Waals surface area contributed by atoms with E-state index in [9.17, 15) is 43.2 Å². The van der Waals surface area contributed by atoms with Gasteiger partial charge in [-0.2, -0.15) is 0 Å². The van der Waals surface area contributed by atoms with Crippen molar-refractivity contribution in [1.29, 1.82) is 0 Å². The summed E-state index contributed by atoms with van der Waals surface area (Å²) in [6.45, 7) is 6.96. The van der Waals surface area contributed by atoms with Crippen molar-refractivity contribution < 1.29 is 80.2 Å². The second-order valence-corrected chi connectivity index (χ2v) is 24.1. The maximum Gasteiger partial charge on any atom is 0.472 e. The minimum absolute atomic E-state index is 0.0988. The molecule has 0 spiro atoms. The van der Waals surface area contributed by atoms with E-state index in [4.69, 9.17) is 37.0 Å². The van der Waals surface area contributed by atoms with Crippen molar-refractivity contribution in [3.63, 3.8) is 0 Å². The predicted octanol–water partition coefficient (Wildman–Crippen LogP) is 15.1. The van der Waals surface area contributed by atoms with E-state index in [0.29, 0.717) is 25.7 Å². The number of unbranched alkanes of at least 4 members (excludes halogenated alkanes) is 29. The minimum atomic E-state index is -4.93. The van der Waals surface area contributed by atoms with Gasteiger partial charge in [-0.25, -0.2) is 9.13 Å². The normalized spacial score (nSPS) is 14.4. The van der Waals surface area contributed by atoms with Gasteiger partial charge < -0.3 is 33.8 Å². The zero-order valence-electron chi connectivity index (χ0n) is 48.4. The second kappa shape index (κ2) is 51.2. The number of aliphatic hydroxyl groups is 1. The number of esters is 4. The van der Waals surface area contributed by atoms with E-state index >= 15 is 0 Å². The number of ether oxygens (including phenoxy) is 4. The van der Waals surface area contributed by atoms with Crippen LogP contribution in [-0.4, -0.2) is 96.7 Å². The van der Waals surface area contributed by atoms with Gasteiger partial charge in [0.15, 0.2) is 12.2 Å². The Bertz CT molecular complexity index is 1500. The molecular formula is C57H110O17P2. The molecule has 0 radical (unpaired) electrons. The first-order valence-electron chi connectivity index (χ1n) is 30.1.